The summed E-state index contributed by atoms with van der Waals surface area (Å²) < 4.78 is 6.25. The van der Waals surface area contributed by atoms with Crippen LogP contribution >= 0.6 is 39.1 Å². The molecule has 1 fully saturated rings. The van der Waals surface area contributed by atoms with E-state index in [1.807, 2.05) is 48.5 Å². The number of nitrogens with zero attached hydrogens (tertiary/aromatic N) is 2. The molecule has 1 amide bonds. The van der Waals surface area contributed by atoms with Crippen molar-refractivity contribution in [1.82, 2.24) is 4.90 Å². The topological polar surface area (TPSA) is 44.8 Å². The molecule has 3 aromatic carbocycles. The lowest BCUT2D eigenvalue weighted by Crippen LogP contribution is -2.46. The van der Waals surface area contributed by atoms with Crippen LogP contribution in [0.4, 0.5) is 11.4 Å². The molecule has 35 heavy (non-hydrogen) atoms. The van der Waals surface area contributed by atoms with Gasteiger partial charge in [0.1, 0.15) is 5.75 Å². The molecule has 182 valence electrons. The first kappa shape index (κ1) is 25.6. The summed E-state index contributed by atoms with van der Waals surface area (Å²) in [7, 11) is 1.60. The largest absolute Gasteiger partial charge is 0.496 e. The van der Waals surface area contributed by atoms with Gasteiger partial charge in [0.05, 0.1) is 17.8 Å². The van der Waals surface area contributed by atoms with Crippen LogP contribution in [0.1, 0.15) is 11.1 Å². The molecule has 8 heteroatoms. The lowest BCUT2D eigenvalue weighted by Gasteiger charge is -2.36. The molecule has 1 aliphatic rings. The molecule has 0 aliphatic carbocycles. The van der Waals surface area contributed by atoms with Crippen molar-refractivity contribution in [3.05, 3.63) is 92.4 Å². The zero-order valence-corrected chi connectivity index (χ0v) is 22.4. The molecule has 3 aromatic rings. The van der Waals surface area contributed by atoms with Crippen LogP contribution in [0.25, 0.3) is 6.08 Å². The maximum absolute atomic E-state index is 12.5. The number of halogens is 3. The van der Waals surface area contributed by atoms with Gasteiger partial charge in [-0.1, -0.05) is 57.3 Å². The first-order valence-corrected chi connectivity index (χ1v) is 12.8. The van der Waals surface area contributed by atoms with E-state index in [-0.39, 0.29) is 5.91 Å². The van der Waals surface area contributed by atoms with Crippen LogP contribution in [0, 0.1) is 0 Å². The maximum Gasteiger partial charge on any atom is 0.248 e. The second-order valence-electron chi connectivity index (χ2n) is 8.23. The van der Waals surface area contributed by atoms with E-state index in [1.165, 1.54) is 6.08 Å². The van der Waals surface area contributed by atoms with Crippen LogP contribution in [0.15, 0.2) is 71.2 Å². The molecule has 1 N–H and O–H groups in total. The number of hydrogen-bond acceptors (Lipinski definition) is 4. The van der Waals surface area contributed by atoms with Crippen molar-refractivity contribution in [3.8, 4) is 5.75 Å². The fourth-order valence-electron chi connectivity index (χ4n) is 4.04. The fourth-order valence-corrected chi connectivity index (χ4v) is 4.91. The Morgan fingerprint density at radius 2 is 1.80 bits per heavy atom. The third-order valence-corrected chi connectivity index (χ3v) is 7.05. The van der Waals surface area contributed by atoms with Crippen molar-refractivity contribution >= 4 is 62.5 Å². The first-order valence-electron chi connectivity index (χ1n) is 11.3. The van der Waals surface area contributed by atoms with Crippen molar-refractivity contribution in [3.63, 3.8) is 0 Å². The van der Waals surface area contributed by atoms with Crippen LogP contribution in [0.2, 0.25) is 10.0 Å². The smallest absolute Gasteiger partial charge is 0.248 e. The Labute approximate surface area is 224 Å². The Hall–Kier alpha value is -2.51. The highest BCUT2D eigenvalue weighted by molar-refractivity contribution is 9.10. The predicted octanol–water partition coefficient (Wildman–Crippen LogP) is 6.74. The summed E-state index contributed by atoms with van der Waals surface area (Å²) in [5.74, 6) is 0.445. The van der Waals surface area contributed by atoms with Crippen molar-refractivity contribution in [1.29, 1.82) is 0 Å². The number of benzene rings is 3. The van der Waals surface area contributed by atoms with Crippen LogP contribution in [0.5, 0.6) is 5.75 Å². The lowest BCUT2D eigenvalue weighted by atomic mass is 10.1. The number of carbonyl (C=O) groups excluding carboxylic acids is 1. The molecule has 5 nitrogen and oxygen atoms in total. The van der Waals surface area contributed by atoms with E-state index in [1.54, 1.807) is 19.3 Å². The van der Waals surface area contributed by atoms with Gasteiger partial charge in [-0.25, -0.2) is 0 Å². The minimum Gasteiger partial charge on any atom is -0.496 e. The number of carbonyl (C=O) groups is 1. The van der Waals surface area contributed by atoms with Gasteiger partial charge in [0.15, 0.2) is 0 Å². The number of hydrogen-bond donors (Lipinski definition) is 1. The maximum atomic E-state index is 12.5. The number of nitrogens with one attached hydrogen (secondary N) is 1. The average molecular weight is 575 g/mol. The summed E-state index contributed by atoms with van der Waals surface area (Å²) in [5.41, 5.74) is 3.57. The molecule has 4 rings (SSSR count). The van der Waals surface area contributed by atoms with Gasteiger partial charge < -0.3 is 15.0 Å². The predicted molar refractivity (Wildman–Crippen MR) is 149 cm³/mol. The van der Waals surface area contributed by atoms with Crippen LogP contribution < -0.4 is 15.0 Å². The Morgan fingerprint density at radius 1 is 1.03 bits per heavy atom. The highest BCUT2D eigenvalue weighted by Crippen LogP contribution is 2.30. The van der Waals surface area contributed by atoms with Gasteiger partial charge in [-0.15, -0.1) is 0 Å². The van der Waals surface area contributed by atoms with E-state index in [0.717, 1.165) is 59.0 Å². The Bertz CT molecular complexity index is 1230. The van der Waals surface area contributed by atoms with E-state index in [0.29, 0.717) is 16.5 Å². The summed E-state index contributed by atoms with van der Waals surface area (Å²) in [6, 6.07) is 19.2. The molecule has 1 aliphatic heterocycles. The van der Waals surface area contributed by atoms with E-state index < -0.39 is 0 Å². The second kappa shape index (κ2) is 12.0. The summed E-state index contributed by atoms with van der Waals surface area (Å²) >= 11 is 16.4. The molecule has 0 unspecified atom stereocenters. The number of piperazine rings is 1. The number of rotatable bonds is 7. The van der Waals surface area contributed by atoms with E-state index in [9.17, 15) is 4.79 Å². The van der Waals surface area contributed by atoms with Gasteiger partial charge in [0, 0.05) is 59.5 Å². The number of amides is 1. The summed E-state index contributed by atoms with van der Waals surface area (Å²) in [5, 5.41) is 4.29. The van der Waals surface area contributed by atoms with Crippen molar-refractivity contribution in [2.45, 2.75) is 6.54 Å². The number of anilines is 2. The Kier molecular flexibility index (Phi) is 8.74. The third kappa shape index (κ3) is 6.79. The zero-order chi connectivity index (χ0) is 24.8. The zero-order valence-electron chi connectivity index (χ0n) is 19.3. The van der Waals surface area contributed by atoms with Gasteiger partial charge >= 0.3 is 0 Å². The SMILES string of the molecule is COc1ccc(Br)cc1C=CC(=O)Nc1ccc(N2CCN(Cc3ccccc3Cl)CC2)c(Cl)c1. The van der Waals surface area contributed by atoms with Crippen molar-refractivity contribution in [2.24, 2.45) is 0 Å². The van der Waals surface area contributed by atoms with Crippen LogP contribution in [-0.2, 0) is 11.3 Å². The molecule has 0 atom stereocenters. The molecule has 0 bridgehead atoms. The lowest BCUT2D eigenvalue weighted by molar-refractivity contribution is -0.111. The highest BCUT2D eigenvalue weighted by atomic mass is 79.9. The molecule has 1 heterocycles. The minimum atomic E-state index is -0.246. The average Bonchev–Trinajstić information content (AvgIpc) is 2.85. The van der Waals surface area contributed by atoms with Crippen LogP contribution in [-0.4, -0.2) is 44.1 Å². The van der Waals surface area contributed by atoms with Crippen molar-refractivity contribution in [2.75, 3.05) is 43.5 Å². The minimum absolute atomic E-state index is 0.246. The molecule has 0 radical (unpaired) electrons. The quantitative estimate of drug-likeness (QED) is 0.317. The van der Waals surface area contributed by atoms with Gasteiger partial charge in [0.2, 0.25) is 5.91 Å². The summed E-state index contributed by atoms with van der Waals surface area (Å²) in [6.07, 6.45) is 3.20. The van der Waals surface area contributed by atoms with Gasteiger partial charge in [-0.2, -0.15) is 0 Å². The fraction of sp³-hybridized carbons (Fsp3) is 0.222. The standard InChI is InChI=1S/C27H26BrCl2N3O2/c1-35-26-10-7-21(28)16-19(26)6-11-27(34)31-22-8-9-25(24(30)17-22)33-14-12-32(13-15-33)18-20-4-2-3-5-23(20)29/h2-11,16-17H,12-15,18H2,1H3,(H,31,34). The summed E-state index contributed by atoms with van der Waals surface area (Å²) in [6.45, 7) is 4.42. The molecule has 0 spiro atoms. The van der Waals surface area contributed by atoms with E-state index >= 15 is 0 Å². The Balaban J connectivity index is 1.34. The van der Waals surface area contributed by atoms with Gasteiger partial charge in [-0.05, 0) is 54.1 Å². The Morgan fingerprint density at radius 3 is 2.51 bits per heavy atom. The molecule has 0 saturated carbocycles. The van der Waals surface area contributed by atoms with Gasteiger partial charge in [-0.3, -0.25) is 9.69 Å². The highest BCUT2D eigenvalue weighted by Gasteiger charge is 2.20. The van der Waals surface area contributed by atoms with E-state index in [4.69, 9.17) is 27.9 Å². The number of methoxy groups -OCH3 is 1. The van der Waals surface area contributed by atoms with Crippen LogP contribution in [0.3, 0.4) is 0 Å². The van der Waals surface area contributed by atoms with E-state index in [2.05, 4.69) is 37.1 Å². The molecular formula is C27H26BrCl2N3O2. The van der Waals surface area contributed by atoms with Crippen molar-refractivity contribution < 1.29 is 9.53 Å². The second-order valence-corrected chi connectivity index (χ2v) is 9.96. The first-order chi connectivity index (χ1) is 16.9. The van der Waals surface area contributed by atoms with Gasteiger partial charge in [0.25, 0.3) is 0 Å². The molecule has 0 aromatic heterocycles. The normalized spacial score (nSPS) is 14.3. The number of ether oxygens (including phenoxy) is 1. The monoisotopic (exact) mass is 573 g/mol. The third-order valence-electron chi connectivity index (χ3n) is 5.89. The summed E-state index contributed by atoms with van der Waals surface area (Å²) in [4.78, 5) is 17.1. The molecular weight excluding hydrogens is 549 g/mol. The molecule has 1 saturated heterocycles.